The van der Waals surface area contributed by atoms with Crippen LogP contribution in [0.4, 0.5) is 4.79 Å². The maximum atomic E-state index is 12.7. The van der Waals surface area contributed by atoms with Gasteiger partial charge in [0.2, 0.25) is 5.91 Å². The third kappa shape index (κ3) is 4.74. The summed E-state index contributed by atoms with van der Waals surface area (Å²) in [6.45, 7) is 4.29. The number of aliphatic hydroxyl groups is 1. The van der Waals surface area contributed by atoms with Crippen molar-refractivity contribution in [3.63, 3.8) is 0 Å². The fourth-order valence-corrected chi connectivity index (χ4v) is 4.88. The summed E-state index contributed by atoms with van der Waals surface area (Å²) < 4.78 is 5.64. The summed E-state index contributed by atoms with van der Waals surface area (Å²) >= 11 is 0. The standard InChI is InChI=1S/C22H28N4O4/c23-9-16-3-5-20(6-4-16)30-15-19(27)14-24-10-17-8-18(11-24)13-25(12-17)22(29)26-7-1-2-21(26)28/h3-6,17-19,27H,1-2,7-8,10-15H2/t17?,18?,19-/m0/s1. The average Bonchev–Trinajstić information content (AvgIpc) is 3.17. The Morgan fingerprint density at radius 2 is 1.90 bits per heavy atom. The number of amides is 3. The van der Waals surface area contributed by atoms with Crippen LogP contribution in [-0.4, -0.2) is 83.7 Å². The van der Waals surface area contributed by atoms with Crippen LogP contribution in [0.2, 0.25) is 0 Å². The van der Waals surface area contributed by atoms with Crippen LogP contribution in [0.25, 0.3) is 0 Å². The number of imide groups is 1. The number of rotatable bonds is 5. The number of hydrogen-bond donors (Lipinski definition) is 1. The zero-order valence-electron chi connectivity index (χ0n) is 17.1. The number of β-amino-alcohol motifs (C(OH)–C–C–N with tert-alkyl or cyclic N) is 1. The zero-order valence-corrected chi connectivity index (χ0v) is 17.1. The molecule has 3 heterocycles. The van der Waals surface area contributed by atoms with E-state index in [1.165, 1.54) is 4.90 Å². The van der Waals surface area contributed by atoms with Crippen LogP contribution < -0.4 is 4.74 Å². The van der Waals surface area contributed by atoms with Crippen molar-refractivity contribution in [2.24, 2.45) is 11.8 Å². The van der Waals surface area contributed by atoms with Crippen molar-refractivity contribution >= 4 is 11.9 Å². The van der Waals surface area contributed by atoms with Gasteiger partial charge in [0.25, 0.3) is 0 Å². The number of nitriles is 1. The van der Waals surface area contributed by atoms with E-state index >= 15 is 0 Å². The van der Waals surface area contributed by atoms with E-state index in [0.29, 0.717) is 55.7 Å². The second-order valence-corrected chi connectivity index (χ2v) is 8.62. The third-order valence-corrected chi connectivity index (χ3v) is 6.13. The first-order valence-corrected chi connectivity index (χ1v) is 10.6. The Hall–Kier alpha value is -2.63. The molecule has 3 aliphatic rings. The van der Waals surface area contributed by atoms with Crippen molar-refractivity contribution in [1.29, 1.82) is 5.26 Å². The van der Waals surface area contributed by atoms with Gasteiger partial charge in [-0.3, -0.25) is 14.6 Å². The maximum absolute atomic E-state index is 12.7. The third-order valence-electron chi connectivity index (χ3n) is 6.13. The largest absolute Gasteiger partial charge is 0.491 e. The number of nitrogens with zero attached hydrogens (tertiary/aromatic N) is 4. The number of piperidine rings is 2. The lowest BCUT2D eigenvalue weighted by atomic mass is 9.84. The Labute approximate surface area is 176 Å². The minimum absolute atomic E-state index is 0.0530. The second kappa shape index (κ2) is 9.02. The number of carbonyl (C=O) groups is 2. The highest BCUT2D eigenvalue weighted by molar-refractivity contribution is 5.95. The highest BCUT2D eigenvalue weighted by atomic mass is 16.5. The van der Waals surface area contributed by atoms with Crippen LogP contribution >= 0.6 is 0 Å². The number of aliphatic hydroxyl groups excluding tert-OH is 1. The molecule has 8 nitrogen and oxygen atoms in total. The van der Waals surface area contributed by atoms with Crippen molar-refractivity contribution in [2.45, 2.75) is 25.4 Å². The highest BCUT2D eigenvalue weighted by Gasteiger charge is 2.39. The first-order valence-electron chi connectivity index (χ1n) is 10.6. The number of hydrogen-bond acceptors (Lipinski definition) is 6. The monoisotopic (exact) mass is 412 g/mol. The second-order valence-electron chi connectivity index (χ2n) is 8.62. The zero-order chi connectivity index (χ0) is 21.1. The fraction of sp³-hybridized carbons (Fsp3) is 0.591. The molecule has 3 fully saturated rings. The van der Waals surface area contributed by atoms with Gasteiger partial charge in [-0.1, -0.05) is 0 Å². The van der Waals surface area contributed by atoms with Crippen molar-refractivity contribution in [3.8, 4) is 11.8 Å². The fourth-order valence-electron chi connectivity index (χ4n) is 4.88. The molecule has 4 rings (SSSR count). The van der Waals surface area contributed by atoms with Crippen LogP contribution in [0.1, 0.15) is 24.8 Å². The minimum atomic E-state index is -0.612. The van der Waals surface area contributed by atoms with Gasteiger partial charge in [0.05, 0.1) is 11.6 Å². The van der Waals surface area contributed by atoms with E-state index in [1.807, 2.05) is 4.90 Å². The molecule has 30 heavy (non-hydrogen) atoms. The van der Waals surface area contributed by atoms with E-state index < -0.39 is 6.10 Å². The molecule has 2 bridgehead atoms. The van der Waals surface area contributed by atoms with Crippen LogP contribution in [0.15, 0.2) is 24.3 Å². The normalized spacial score (nSPS) is 25.1. The molecule has 1 aromatic carbocycles. The van der Waals surface area contributed by atoms with Crippen LogP contribution in [0.5, 0.6) is 5.75 Å². The Bertz CT molecular complexity index is 807. The van der Waals surface area contributed by atoms with Gasteiger partial charge in [0, 0.05) is 45.7 Å². The lowest BCUT2D eigenvalue weighted by molar-refractivity contribution is -0.125. The summed E-state index contributed by atoms with van der Waals surface area (Å²) in [5, 5.41) is 19.2. The minimum Gasteiger partial charge on any atom is -0.491 e. The molecule has 1 aromatic rings. The molecule has 0 radical (unpaired) electrons. The molecular weight excluding hydrogens is 384 g/mol. The van der Waals surface area contributed by atoms with Crippen molar-refractivity contribution in [1.82, 2.24) is 14.7 Å². The van der Waals surface area contributed by atoms with Gasteiger partial charge in [-0.2, -0.15) is 5.26 Å². The lowest BCUT2D eigenvalue weighted by Crippen LogP contribution is -2.57. The predicted molar refractivity (Wildman–Crippen MR) is 109 cm³/mol. The van der Waals surface area contributed by atoms with Crippen LogP contribution in [0, 0.1) is 23.2 Å². The highest BCUT2D eigenvalue weighted by Crippen LogP contribution is 2.30. The smallest absolute Gasteiger partial charge is 0.326 e. The SMILES string of the molecule is N#Cc1ccc(OC[C@@H](O)CN2CC3CC(C2)CN(C(=O)N2CCCC2=O)C3)cc1. The van der Waals surface area contributed by atoms with E-state index in [2.05, 4.69) is 11.0 Å². The number of benzene rings is 1. The Kier molecular flexibility index (Phi) is 6.21. The molecule has 1 N–H and O–H groups in total. The Morgan fingerprint density at radius 1 is 1.20 bits per heavy atom. The van der Waals surface area contributed by atoms with E-state index in [4.69, 9.17) is 10.00 Å². The van der Waals surface area contributed by atoms with Gasteiger partial charge < -0.3 is 14.7 Å². The van der Waals surface area contributed by atoms with E-state index in [-0.39, 0.29) is 18.5 Å². The predicted octanol–water partition coefficient (Wildman–Crippen LogP) is 1.29. The molecule has 8 heteroatoms. The first kappa shape index (κ1) is 20.6. The summed E-state index contributed by atoms with van der Waals surface area (Å²) in [5.74, 6) is 1.31. The quantitative estimate of drug-likeness (QED) is 0.783. The number of ether oxygens (including phenoxy) is 1. The van der Waals surface area contributed by atoms with Gasteiger partial charge in [0.1, 0.15) is 18.5 Å². The maximum Gasteiger partial charge on any atom is 0.326 e. The Morgan fingerprint density at radius 3 is 2.50 bits per heavy atom. The summed E-state index contributed by atoms with van der Waals surface area (Å²) in [5.41, 5.74) is 0.573. The van der Waals surface area contributed by atoms with E-state index in [1.54, 1.807) is 24.3 Å². The molecular formula is C22H28N4O4. The van der Waals surface area contributed by atoms with Gasteiger partial charge >= 0.3 is 6.03 Å². The molecule has 3 amide bonds. The van der Waals surface area contributed by atoms with Crippen LogP contribution in [0.3, 0.4) is 0 Å². The molecule has 160 valence electrons. The molecule has 0 spiro atoms. The first-order chi connectivity index (χ1) is 14.5. The molecule has 3 atom stereocenters. The topological polar surface area (TPSA) is 97.1 Å². The summed E-state index contributed by atoms with van der Waals surface area (Å²) in [6, 6.07) is 8.78. The van der Waals surface area contributed by atoms with Gasteiger partial charge in [-0.05, 0) is 48.9 Å². The molecule has 2 unspecified atom stereocenters. The van der Waals surface area contributed by atoms with Crippen LogP contribution in [-0.2, 0) is 4.79 Å². The summed E-state index contributed by atoms with van der Waals surface area (Å²) in [7, 11) is 0. The lowest BCUT2D eigenvalue weighted by Gasteiger charge is -2.46. The number of urea groups is 1. The molecule has 0 saturated carbocycles. The summed E-state index contributed by atoms with van der Waals surface area (Å²) in [4.78, 5) is 30.1. The van der Waals surface area contributed by atoms with Crippen molar-refractivity contribution < 1.29 is 19.4 Å². The van der Waals surface area contributed by atoms with Crippen molar-refractivity contribution in [2.75, 3.05) is 45.9 Å². The van der Waals surface area contributed by atoms with Crippen molar-refractivity contribution in [3.05, 3.63) is 29.8 Å². The summed E-state index contributed by atoms with van der Waals surface area (Å²) in [6.07, 6.45) is 1.72. The van der Waals surface area contributed by atoms with Gasteiger partial charge in [-0.25, -0.2) is 4.79 Å². The molecule has 0 aliphatic carbocycles. The Balaban J connectivity index is 1.24. The van der Waals surface area contributed by atoms with E-state index in [0.717, 1.165) is 25.9 Å². The van der Waals surface area contributed by atoms with Gasteiger partial charge in [-0.15, -0.1) is 0 Å². The number of fused-ring (bicyclic) bond motifs is 2. The average molecular weight is 412 g/mol. The van der Waals surface area contributed by atoms with E-state index in [9.17, 15) is 14.7 Å². The molecule has 0 aromatic heterocycles. The molecule has 3 saturated heterocycles. The molecule has 3 aliphatic heterocycles. The number of carbonyl (C=O) groups excluding carboxylic acids is 2. The number of likely N-dealkylation sites (tertiary alicyclic amines) is 3. The van der Waals surface area contributed by atoms with Gasteiger partial charge in [0.15, 0.2) is 0 Å².